The molecule has 6 nitrogen and oxygen atoms in total. The lowest BCUT2D eigenvalue weighted by atomic mass is 10.3. The fourth-order valence-electron chi connectivity index (χ4n) is 2.21. The van der Waals surface area contributed by atoms with Crippen molar-refractivity contribution in [3.05, 3.63) is 11.9 Å². The molecule has 1 saturated carbocycles. The van der Waals surface area contributed by atoms with Gasteiger partial charge >= 0.3 is 0 Å². The predicted molar refractivity (Wildman–Crippen MR) is 85.6 cm³/mol. The highest BCUT2D eigenvalue weighted by atomic mass is 16.5. The second-order valence-corrected chi connectivity index (χ2v) is 5.57. The molecule has 0 spiro atoms. The minimum atomic E-state index is 0.443. The maximum atomic E-state index is 5.39. The van der Waals surface area contributed by atoms with Crippen molar-refractivity contribution in [1.82, 2.24) is 14.9 Å². The van der Waals surface area contributed by atoms with Gasteiger partial charge < -0.3 is 15.4 Å². The lowest BCUT2D eigenvalue weighted by Gasteiger charge is -2.25. The molecule has 1 heterocycles. The zero-order valence-electron chi connectivity index (χ0n) is 13.5. The second-order valence-electron chi connectivity index (χ2n) is 5.57. The normalized spacial score (nSPS) is 16.0. The first-order valence-corrected chi connectivity index (χ1v) is 7.73. The van der Waals surface area contributed by atoms with E-state index in [0.717, 1.165) is 24.2 Å². The summed E-state index contributed by atoms with van der Waals surface area (Å²) in [5.41, 5.74) is 0. The molecule has 0 radical (unpaired) electrons. The van der Waals surface area contributed by atoms with Gasteiger partial charge in [0.25, 0.3) is 0 Å². The molecule has 0 aromatic carbocycles. The minimum Gasteiger partial charge on any atom is -0.374 e. The van der Waals surface area contributed by atoms with Gasteiger partial charge in [-0.1, -0.05) is 0 Å². The quantitative estimate of drug-likeness (QED) is 0.725. The Hall–Kier alpha value is -1.40. The van der Waals surface area contributed by atoms with E-state index in [1.165, 1.54) is 12.8 Å². The average Bonchev–Trinajstić information content (AvgIpc) is 3.34. The van der Waals surface area contributed by atoms with Crippen molar-refractivity contribution in [3.8, 4) is 0 Å². The average molecular weight is 293 g/mol. The molecule has 21 heavy (non-hydrogen) atoms. The van der Waals surface area contributed by atoms with Crippen molar-refractivity contribution in [2.75, 3.05) is 37.9 Å². The Morgan fingerprint density at radius 3 is 2.71 bits per heavy atom. The molecule has 1 atom stereocenters. The van der Waals surface area contributed by atoms with E-state index in [9.17, 15) is 0 Å². The monoisotopic (exact) mass is 293 g/mol. The molecule has 1 aromatic rings. The van der Waals surface area contributed by atoms with E-state index in [1.807, 2.05) is 20.0 Å². The molecule has 1 aromatic heterocycles. The van der Waals surface area contributed by atoms with Crippen LogP contribution in [0.2, 0.25) is 0 Å². The van der Waals surface area contributed by atoms with Crippen LogP contribution in [0.4, 0.5) is 11.6 Å². The lowest BCUT2D eigenvalue weighted by molar-refractivity contribution is 0.128. The number of hydrogen-bond donors (Lipinski definition) is 2. The van der Waals surface area contributed by atoms with Gasteiger partial charge in [0.1, 0.15) is 18.2 Å². The summed E-state index contributed by atoms with van der Waals surface area (Å²) in [6, 6.07) is 3.19. The summed E-state index contributed by atoms with van der Waals surface area (Å²) in [5, 5.41) is 6.48. The highest BCUT2D eigenvalue weighted by Gasteiger charge is 2.28. The zero-order chi connectivity index (χ0) is 15.2. The van der Waals surface area contributed by atoms with Crippen molar-refractivity contribution in [3.63, 3.8) is 0 Å². The number of rotatable bonds is 9. The van der Waals surface area contributed by atoms with E-state index in [-0.39, 0.29) is 0 Å². The summed E-state index contributed by atoms with van der Waals surface area (Å²) >= 11 is 0. The summed E-state index contributed by atoms with van der Waals surface area (Å²) in [5.74, 6) is 2.36. The van der Waals surface area contributed by atoms with Gasteiger partial charge in [-0.05, 0) is 33.7 Å². The van der Waals surface area contributed by atoms with E-state index < -0.39 is 0 Å². The van der Waals surface area contributed by atoms with Gasteiger partial charge in [0.05, 0.1) is 0 Å². The number of aromatic nitrogens is 2. The van der Waals surface area contributed by atoms with Gasteiger partial charge in [0, 0.05) is 38.3 Å². The van der Waals surface area contributed by atoms with Crippen LogP contribution >= 0.6 is 0 Å². The SMILES string of the molecule is CCOCc1nc(NC)cc(NCC(C)N(C)C2CC2)n1. The molecule has 2 N–H and O–H groups in total. The molecule has 0 saturated heterocycles. The fraction of sp³-hybridized carbons (Fsp3) is 0.733. The zero-order valence-corrected chi connectivity index (χ0v) is 13.5. The van der Waals surface area contributed by atoms with E-state index in [0.29, 0.717) is 25.1 Å². The van der Waals surface area contributed by atoms with Crippen LogP contribution in [0, 0.1) is 0 Å². The second kappa shape index (κ2) is 7.56. The van der Waals surface area contributed by atoms with Crippen molar-refractivity contribution >= 4 is 11.6 Å². The standard InChI is InChI=1S/C15H27N5O/c1-5-21-10-15-18-13(16-3)8-14(19-15)17-9-11(2)20(4)12-6-7-12/h8,11-12H,5-7,9-10H2,1-4H3,(H2,16,17,18,19). The van der Waals surface area contributed by atoms with E-state index in [1.54, 1.807) is 0 Å². The maximum Gasteiger partial charge on any atom is 0.158 e. The van der Waals surface area contributed by atoms with Crippen LogP contribution in [0.15, 0.2) is 6.07 Å². The van der Waals surface area contributed by atoms with Crippen LogP contribution in [-0.4, -0.2) is 54.2 Å². The van der Waals surface area contributed by atoms with Gasteiger partial charge in [-0.15, -0.1) is 0 Å². The first kappa shape index (κ1) is 16.0. The number of anilines is 2. The van der Waals surface area contributed by atoms with Crippen LogP contribution in [0.1, 0.15) is 32.5 Å². The molecule has 1 unspecified atom stereocenters. The van der Waals surface area contributed by atoms with Gasteiger partial charge in [-0.3, -0.25) is 4.90 Å². The topological polar surface area (TPSA) is 62.3 Å². The highest BCUT2D eigenvalue weighted by Crippen LogP contribution is 2.26. The van der Waals surface area contributed by atoms with E-state index in [2.05, 4.69) is 39.5 Å². The summed E-state index contributed by atoms with van der Waals surface area (Å²) in [6.45, 7) is 6.20. The Kier molecular flexibility index (Phi) is 5.76. The van der Waals surface area contributed by atoms with Crippen molar-refractivity contribution < 1.29 is 4.74 Å². The molecule has 6 heteroatoms. The summed E-state index contributed by atoms with van der Waals surface area (Å²) in [7, 11) is 4.06. The van der Waals surface area contributed by atoms with Gasteiger partial charge in [0.15, 0.2) is 5.82 Å². The van der Waals surface area contributed by atoms with Crippen molar-refractivity contribution in [1.29, 1.82) is 0 Å². The summed E-state index contributed by atoms with van der Waals surface area (Å²) < 4.78 is 5.39. The predicted octanol–water partition coefficient (Wildman–Crippen LogP) is 1.95. The van der Waals surface area contributed by atoms with Crippen LogP contribution in [0.3, 0.4) is 0 Å². The molecule has 2 rings (SSSR count). The molecule has 0 amide bonds. The third kappa shape index (κ3) is 4.82. The largest absolute Gasteiger partial charge is 0.374 e. The van der Waals surface area contributed by atoms with E-state index >= 15 is 0 Å². The van der Waals surface area contributed by atoms with Crippen LogP contribution in [0.25, 0.3) is 0 Å². The molecule has 1 aliphatic carbocycles. The Labute approximate surface area is 127 Å². The van der Waals surface area contributed by atoms with Crippen LogP contribution in [0.5, 0.6) is 0 Å². The van der Waals surface area contributed by atoms with Crippen LogP contribution < -0.4 is 10.6 Å². The first-order chi connectivity index (χ1) is 10.1. The number of ether oxygens (including phenoxy) is 1. The Balaban J connectivity index is 1.94. The Morgan fingerprint density at radius 2 is 2.10 bits per heavy atom. The third-order valence-electron chi connectivity index (χ3n) is 3.86. The Bertz CT molecular complexity index is 450. The molecular formula is C15H27N5O. The number of nitrogens with zero attached hydrogens (tertiary/aromatic N) is 3. The smallest absolute Gasteiger partial charge is 0.158 e. The molecule has 118 valence electrons. The lowest BCUT2D eigenvalue weighted by Crippen LogP contribution is -2.36. The van der Waals surface area contributed by atoms with E-state index in [4.69, 9.17) is 4.74 Å². The number of hydrogen-bond acceptors (Lipinski definition) is 6. The summed E-state index contributed by atoms with van der Waals surface area (Å²) in [4.78, 5) is 11.3. The van der Waals surface area contributed by atoms with Crippen LogP contribution in [-0.2, 0) is 11.3 Å². The van der Waals surface area contributed by atoms with Gasteiger partial charge in [-0.2, -0.15) is 0 Å². The summed E-state index contributed by atoms with van der Waals surface area (Å²) in [6.07, 6.45) is 2.66. The molecular weight excluding hydrogens is 266 g/mol. The van der Waals surface area contributed by atoms with Gasteiger partial charge in [-0.25, -0.2) is 9.97 Å². The van der Waals surface area contributed by atoms with Crippen molar-refractivity contribution in [2.24, 2.45) is 0 Å². The van der Waals surface area contributed by atoms with Gasteiger partial charge in [0.2, 0.25) is 0 Å². The number of nitrogens with one attached hydrogen (secondary N) is 2. The highest BCUT2D eigenvalue weighted by molar-refractivity contribution is 5.47. The number of likely N-dealkylation sites (N-methyl/N-ethyl adjacent to an activating group) is 1. The minimum absolute atomic E-state index is 0.443. The molecule has 0 bridgehead atoms. The fourth-order valence-corrected chi connectivity index (χ4v) is 2.21. The maximum absolute atomic E-state index is 5.39. The molecule has 1 fully saturated rings. The Morgan fingerprint density at radius 1 is 1.38 bits per heavy atom. The first-order valence-electron chi connectivity index (χ1n) is 7.73. The van der Waals surface area contributed by atoms with Crippen molar-refractivity contribution in [2.45, 2.75) is 45.4 Å². The molecule has 0 aliphatic heterocycles. The molecule has 1 aliphatic rings. The third-order valence-corrected chi connectivity index (χ3v) is 3.86.